The minimum absolute atomic E-state index is 0.0191. The van der Waals surface area contributed by atoms with E-state index in [4.69, 9.17) is 4.74 Å². The molecule has 1 heterocycles. The largest absolute Gasteiger partial charge is 0.444 e. The molecule has 1 rings (SSSR count). The fraction of sp³-hybridized carbons (Fsp3) is 0.815. The summed E-state index contributed by atoms with van der Waals surface area (Å²) in [5.41, 5.74) is -0.546. The van der Waals surface area contributed by atoms with Gasteiger partial charge in [0.2, 0.25) is 23.6 Å². The van der Waals surface area contributed by atoms with Crippen molar-refractivity contribution in [2.45, 2.75) is 103 Å². The Bertz CT molecular complexity index is 813. The van der Waals surface area contributed by atoms with Crippen LogP contribution in [0.3, 0.4) is 0 Å². The molecule has 0 aliphatic carbocycles. The molecule has 12 nitrogen and oxygen atoms in total. The van der Waals surface area contributed by atoms with Crippen molar-refractivity contribution in [2.75, 3.05) is 39.8 Å². The van der Waals surface area contributed by atoms with Crippen LogP contribution in [-0.2, 0) is 23.9 Å². The fourth-order valence-corrected chi connectivity index (χ4v) is 4.22. The molecule has 1 fully saturated rings. The second-order valence-electron chi connectivity index (χ2n) is 11.1. The summed E-state index contributed by atoms with van der Waals surface area (Å²) in [5, 5.41) is 18.0. The van der Waals surface area contributed by atoms with Crippen molar-refractivity contribution in [3.05, 3.63) is 0 Å². The molecule has 0 bridgehead atoms. The zero-order valence-corrected chi connectivity index (χ0v) is 24.3. The van der Waals surface area contributed by atoms with Crippen molar-refractivity contribution in [1.29, 1.82) is 0 Å². The number of amides is 5. The van der Waals surface area contributed by atoms with Crippen LogP contribution in [0.25, 0.3) is 0 Å². The topological polar surface area (TPSA) is 157 Å². The van der Waals surface area contributed by atoms with Crippen molar-refractivity contribution in [3.63, 3.8) is 0 Å². The van der Waals surface area contributed by atoms with Gasteiger partial charge in [-0.05, 0) is 40.5 Å². The van der Waals surface area contributed by atoms with Gasteiger partial charge >= 0.3 is 6.09 Å². The lowest BCUT2D eigenvalue weighted by molar-refractivity contribution is -0.159. The highest BCUT2D eigenvalue weighted by Crippen LogP contribution is 2.14. The van der Waals surface area contributed by atoms with Gasteiger partial charge in [-0.3, -0.25) is 19.2 Å². The standard InChI is InChI=1S/C27H49N5O7/c1-20(33)24-25(37)32(19-23(36)31(24)5)18-22(35)28-15-13-11-9-7-6-8-10-12-14-21(34)29-16-17-30-26(38)39-27(2,3)4/h20,24,33H,6-19H2,1-5H3,(H,28,35)(H,29,34)(H,30,38)/t20-,24+/m1/s1. The van der Waals surface area contributed by atoms with E-state index in [1.54, 1.807) is 20.8 Å². The highest BCUT2D eigenvalue weighted by atomic mass is 16.6. The van der Waals surface area contributed by atoms with E-state index >= 15 is 0 Å². The van der Waals surface area contributed by atoms with E-state index in [-0.39, 0.29) is 30.8 Å². The number of piperazine rings is 1. The van der Waals surface area contributed by atoms with Crippen molar-refractivity contribution < 1.29 is 33.8 Å². The predicted molar refractivity (Wildman–Crippen MR) is 147 cm³/mol. The highest BCUT2D eigenvalue weighted by molar-refractivity contribution is 5.97. The van der Waals surface area contributed by atoms with Crippen LogP contribution < -0.4 is 16.0 Å². The lowest BCUT2D eigenvalue weighted by Gasteiger charge is -2.39. The number of unbranched alkanes of at least 4 members (excludes halogenated alkanes) is 7. The van der Waals surface area contributed by atoms with Gasteiger partial charge in [-0.15, -0.1) is 0 Å². The van der Waals surface area contributed by atoms with Gasteiger partial charge in [0.1, 0.15) is 24.7 Å². The molecule has 1 aliphatic rings. The molecule has 1 aliphatic heterocycles. The number of aliphatic hydroxyl groups is 1. The summed E-state index contributed by atoms with van der Waals surface area (Å²) in [6.07, 6.45) is 6.91. The summed E-state index contributed by atoms with van der Waals surface area (Å²) in [5.74, 6) is -1.06. The molecule has 0 saturated carbocycles. The number of alkyl carbamates (subject to hydrolysis) is 1. The maximum atomic E-state index is 12.5. The Labute approximate surface area is 232 Å². The Morgan fingerprint density at radius 1 is 0.897 bits per heavy atom. The Morgan fingerprint density at radius 3 is 2.03 bits per heavy atom. The number of hydrogen-bond acceptors (Lipinski definition) is 7. The normalized spacial score (nSPS) is 16.6. The van der Waals surface area contributed by atoms with Gasteiger partial charge in [-0.2, -0.15) is 0 Å². The smallest absolute Gasteiger partial charge is 0.407 e. The molecule has 0 radical (unpaired) electrons. The van der Waals surface area contributed by atoms with Gasteiger partial charge < -0.3 is 35.6 Å². The Kier molecular flexibility index (Phi) is 15.4. The van der Waals surface area contributed by atoms with E-state index < -0.39 is 29.7 Å². The van der Waals surface area contributed by atoms with E-state index in [1.165, 1.54) is 23.8 Å². The van der Waals surface area contributed by atoms with Crippen LogP contribution >= 0.6 is 0 Å². The highest BCUT2D eigenvalue weighted by Gasteiger charge is 2.40. The average Bonchev–Trinajstić information content (AvgIpc) is 2.82. The van der Waals surface area contributed by atoms with E-state index in [2.05, 4.69) is 16.0 Å². The third-order valence-electron chi connectivity index (χ3n) is 6.26. The van der Waals surface area contributed by atoms with Crippen LogP contribution in [0.2, 0.25) is 0 Å². The van der Waals surface area contributed by atoms with Crippen molar-refractivity contribution in [3.8, 4) is 0 Å². The number of rotatable bonds is 17. The van der Waals surface area contributed by atoms with Gasteiger partial charge in [0.15, 0.2) is 0 Å². The van der Waals surface area contributed by atoms with Gasteiger partial charge in [-0.1, -0.05) is 38.5 Å². The number of likely N-dealkylation sites (N-methyl/N-ethyl adjacent to an activating group) is 1. The van der Waals surface area contributed by atoms with Crippen molar-refractivity contribution in [1.82, 2.24) is 25.8 Å². The summed E-state index contributed by atoms with van der Waals surface area (Å²) in [6, 6.07) is -0.962. The van der Waals surface area contributed by atoms with Crippen LogP contribution in [0.5, 0.6) is 0 Å². The quantitative estimate of drug-likeness (QED) is 0.197. The van der Waals surface area contributed by atoms with Gasteiger partial charge in [0, 0.05) is 33.1 Å². The second kappa shape index (κ2) is 17.6. The van der Waals surface area contributed by atoms with Crippen LogP contribution in [-0.4, -0.2) is 102 Å². The summed E-state index contributed by atoms with van der Waals surface area (Å²) in [4.78, 5) is 62.6. The maximum absolute atomic E-state index is 12.5. The van der Waals surface area contributed by atoms with E-state index in [0.29, 0.717) is 26.1 Å². The molecule has 0 aromatic rings. The number of carbonyl (C=O) groups is 5. The van der Waals surface area contributed by atoms with Crippen LogP contribution in [0.1, 0.15) is 85.5 Å². The lowest BCUT2D eigenvalue weighted by Crippen LogP contribution is -2.63. The third kappa shape index (κ3) is 14.7. The van der Waals surface area contributed by atoms with Crippen LogP contribution in [0, 0.1) is 0 Å². The van der Waals surface area contributed by atoms with Crippen molar-refractivity contribution >= 4 is 29.7 Å². The maximum Gasteiger partial charge on any atom is 0.407 e. The van der Waals surface area contributed by atoms with Crippen LogP contribution in [0.4, 0.5) is 4.79 Å². The molecule has 224 valence electrons. The predicted octanol–water partition coefficient (Wildman–Crippen LogP) is 1.30. The number of nitrogens with zero attached hydrogens (tertiary/aromatic N) is 2. The summed E-state index contributed by atoms with van der Waals surface area (Å²) < 4.78 is 5.13. The molecule has 4 N–H and O–H groups in total. The Balaban J connectivity index is 1.99. The summed E-state index contributed by atoms with van der Waals surface area (Å²) in [6.45, 7) is 7.68. The van der Waals surface area contributed by atoms with Gasteiger partial charge in [-0.25, -0.2) is 4.79 Å². The molecule has 5 amide bonds. The molecule has 39 heavy (non-hydrogen) atoms. The minimum Gasteiger partial charge on any atom is -0.444 e. The molecule has 12 heteroatoms. The molecular weight excluding hydrogens is 506 g/mol. The molecule has 0 spiro atoms. The van der Waals surface area contributed by atoms with E-state index in [9.17, 15) is 29.1 Å². The monoisotopic (exact) mass is 555 g/mol. The molecule has 1 saturated heterocycles. The Hall–Kier alpha value is -2.89. The zero-order valence-electron chi connectivity index (χ0n) is 24.3. The molecular formula is C27H49N5O7. The number of aliphatic hydroxyl groups excluding tert-OH is 1. The first kappa shape index (κ1) is 34.1. The Morgan fingerprint density at radius 2 is 1.44 bits per heavy atom. The first-order chi connectivity index (χ1) is 18.3. The first-order valence-corrected chi connectivity index (χ1v) is 14.0. The fourth-order valence-electron chi connectivity index (χ4n) is 4.22. The third-order valence-corrected chi connectivity index (χ3v) is 6.26. The van der Waals surface area contributed by atoms with Crippen LogP contribution in [0.15, 0.2) is 0 Å². The zero-order chi connectivity index (χ0) is 29.4. The number of carbonyl (C=O) groups excluding carboxylic acids is 5. The first-order valence-electron chi connectivity index (χ1n) is 14.0. The van der Waals surface area contributed by atoms with Gasteiger partial charge in [0.05, 0.1) is 6.10 Å². The molecule has 2 atom stereocenters. The molecule has 0 aromatic carbocycles. The molecule has 0 unspecified atom stereocenters. The summed E-state index contributed by atoms with van der Waals surface area (Å²) >= 11 is 0. The minimum atomic E-state index is -1.01. The number of ether oxygens (including phenoxy) is 1. The second-order valence-corrected chi connectivity index (χ2v) is 11.1. The number of hydrogen-bond donors (Lipinski definition) is 4. The van der Waals surface area contributed by atoms with Crippen molar-refractivity contribution in [2.24, 2.45) is 0 Å². The summed E-state index contributed by atoms with van der Waals surface area (Å²) in [7, 11) is 1.48. The van der Waals surface area contributed by atoms with Gasteiger partial charge in [0.25, 0.3) is 0 Å². The lowest BCUT2D eigenvalue weighted by atomic mass is 10.1. The van der Waals surface area contributed by atoms with E-state index in [0.717, 1.165) is 51.4 Å². The molecule has 0 aromatic heterocycles. The average molecular weight is 556 g/mol. The van der Waals surface area contributed by atoms with E-state index in [1.807, 2.05) is 0 Å². The number of nitrogens with one attached hydrogen (secondary N) is 3. The SMILES string of the molecule is C[C@@H](O)[C@H]1C(=O)N(CC(=O)NCCCCCCCCCCC(=O)NCCNC(=O)OC(C)(C)C)CC(=O)N1C.